The van der Waals surface area contributed by atoms with Gasteiger partial charge in [0.15, 0.2) is 0 Å². The third-order valence-electron chi connectivity index (χ3n) is 1.49. The normalized spacial score (nSPS) is 25.5. The van der Waals surface area contributed by atoms with Gasteiger partial charge in [-0.1, -0.05) is 25.6 Å². The van der Waals surface area contributed by atoms with E-state index in [-0.39, 0.29) is 5.24 Å². The molecule has 10 heavy (non-hydrogen) atoms. The van der Waals surface area contributed by atoms with Gasteiger partial charge in [0.25, 0.3) is 5.24 Å². The minimum atomic E-state index is 0.144. The number of rotatable bonds is 2. The van der Waals surface area contributed by atoms with Gasteiger partial charge in [0.05, 0.1) is 0 Å². The summed E-state index contributed by atoms with van der Waals surface area (Å²) in [4.78, 5) is 10.7. The van der Waals surface area contributed by atoms with Gasteiger partial charge in [-0.2, -0.15) is 0 Å². The van der Waals surface area contributed by atoms with Crippen molar-refractivity contribution in [3.8, 4) is 0 Å². The predicted molar refractivity (Wildman–Crippen MR) is 44.2 cm³/mol. The molecule has 1 atom stereocenters. The summed E-state index contributed by atoms with van der Waals surface area (Å²) in [7, 11) is 0. The van der Waals surface area contributed by atoms with Crippen LogP contribution in [0.2, 0.25) is 0 Å². The van der Waals surface area contributed by atoms with Crippen molar-refractivity contribution in [1.82, 2.24) is 5.32 Å². The highest BCUT2D eigenvalue weighted by Crippen LogP contribution is 2.18. The van der Waals surface area contributed by atoms with E-state index in [9.17, 15) is 4.79 Å². The van der Waals surface area contributed by atoms with Crippen molar-refractivity contribution < 1.29 is 4.79 Å². The molecule has 1 saturated heterocycles. The molecule has 0 aromatic rings. The molecule has 0 aromatic carbocycles. The van der Waals surface area contributed by atoms with E-state index in [0.29, 0.717) is 12.0 Å². The molecule has 1 aliphatic rings. The van der Waals surface area contributed by atoms with E-state index in [1.54, 1.807) is 0 Å². The van der Waals surface area contributed by atoms with Crippen LogP contribution in [0.25, 0.3) is 0 Å². The summed E-state index contributed by atoms with van der Waals surface area (Å²) in [6.07, 6.45) is 1.11. The number of amides is 1. The lowest BCUT2D eigenvalue weighted by Gasteiger charge is -2.10. The molecule has 1 heterocycles. The summed E-state index contributed by atoms with van der Waals surface area (Å²) in [6, 6.07) is 0.428. The van der Waals surface area contributed by atoms with Gasteiger partial charge in [0, 0.05) is 11.8 Å². The monoisotopic (exact) mass is 159 g/mol. The van der Waals surface area contributed by atoms with Crippen LogP contribution in [0.5, 0.6) is 0 Å². The first-order chi connectivity index (χ1) is 4.68. The van der Waals surface area contributed by atoms with Gasteiger partial charge in [0.2, 0.25) is 0 Å². The summed E-state index contributed by atoms with van der Waals surface area (Å²) in [5.41, 5.74) is 0. The third-order valence-corrected chi connectivity index (χ3v) is 2.44. The van der Waals surface area contributed by atoms with Gasteiger partial charge in [-0.25, -0.2) is 0 Å². The van der Waals surface area contributed by atoms with Crippen molar-refractivity contribution >= 4 is 17.0 Å². The average Bonchev–Trinajstić information content (AvgIpc) is 2.13. The van der Waals surface area contributed by atoms with Gasteiger partial charge in [-0.15, -0.1) is 0 Å². The van der Waals surface area contributed by atoms with E-state index < -0.39 is 0 Å². The maximum atomic E-state index is 10.7. The number of thioether (sulfide) groups is 1. The van der Waals surface area contributed by atoms with Gasteiger partial charge in [-0.3, -0.25) is 4.79 Å². The largest absolute Gasteiger partial charge is 0.343 e. The van der Waals surface area contributed by atoms with E-state index in [2.05, 4.69) is 19.2 Å². The highest BCUT2D eigenvalue weighted by Gasteiger charge is 2.21. The molecule has 3 heteroatoms. The first kappa shape index (κ1) is 7.92. The van der Waals surface area contributed by atoms with Crippen molar-refractivity contribution in [2.24, 2.45) is 5.92 Å². The van der Waals surface area contributed by atoms with E-state index in [1.807, 2.05) is 0 Å². The fourth-order valence-corrected chi connectivity index (χ4v) is 1.94. The van der Waals surface area contributed by atoms with Gasteiger partial charge in [-0.05, 0) is 12.3 Å². The minimum absolute atomic E-state index is 0.144. The Bertz CT molecular complexity index is 136. The first-order valence-corrected chi connectivity index (χ1v) is 4.60. The lowest BCUT2D eigenvalue weighted by atomic mass is 10.1. The molecule has 0 radical (unpaired) electrons. The molecule has 1 aliphatic heterocycles. The summed E-state index contributed by atoms with van der Waals surface area (Å²) in [6.45, 7) is 4.35. The molecule has 1 rings (SSSR count). The van der Waals surface area contributed by atoms with Crippen LogP contribution in [0.3, 0.4) is 0 Å². The summed E-state index contributed by atoms with van der Waals surface area (Å²) in [5.74, 6) is 1.64. The van der Waals surface area contributed by atoms with Crippen molar-refractivity contribution in [3.63, 3.8) is 0 Å². The Labute approximate surface area is 65.8 Å². The Morgan fingerprint density at radius 2 is 2.50 bits per heavy atom. The number of carbonyl (C=O) groups excluding carboxylic acids is 1. The maximum Gasteiger partial charge on any atom is 0.279 e. The van der Waals surface area contributed by atoms with Crippen molar-refractivity contribution in [1.29, 1.82) is 0 Å². The second kappa shape index (κ2) is 3.28. The zero-order valence-electron chi connectivity index (χ0n) is 6.39. The zero-order chi connectivity index (χ0) is 7.56. The standard InChI is InChI=1S/C7H13NOS/c1-5(2)3-6-4-10-7(9)8-6/h5-6H,3-4H2,1-2H3,(H,8,9). The lowest BCUT2D eigenvalue weighted by molar-refractivity contribution is 0.259. The first-order valence-electron chi connectivity index (χ1n) is 3.62. The number of hydrogen-bond donors (Lipinski definition) is 1. The van der Waals surface area contributed by atoms with E-state index in [0.717, 1.165) is 12.2 Å². The van der Waals surface area contributed by atoms with Crippen LogP contribution in [0.1, 0.15) is 20.3 Å². The van der Waals surface area contributed by atoms with E-state index >= 15 is 0 Å². The Balaban J connectivity index is 2.24. The third kappa shape index (κ3) is 2.21. The number of nitrogens with one attached hydrogen (secondary N) is 1. The molecule has 1 N–H and O–H groups in total. The fourth-order valence-electron chi connectivity index (χ4n) is 1.12. The van der Waals surface area contributed by atoms with Crippen LogP contribution < -0.4 is 5.32 Å². The molecule has 0 bridgehead atoms. The predicted octanol–water partition coefficient (Wildman–Crippen LogP) is 1.86. The van der Waals surface area contributed by atoms with E-state index in [1.165, 1.54) is 11.8 Å². The molecule has 0 aliphatic carbocycles. The zero-order valence-corrected chi connectivity index (χ0v) is 7.20. The topological polar surface area (TPSA) is 29.1 Å². The number of hydrogen-bond acceptors (Lipinski definition) is 2. The van der Waals surface area contributed by atoms with Crippen molar-refractivity contribution in [3.05, 3.63) is 0 Å². The summed E-state index contributed by atoms with van der Waals surface area (Å²) in [5, 5.41) is 3.05. The van der Waals surface area contributed by atoms with Crippen molar-refractivity contribution in [2.75, 3.05) is 5.75 Å². The lowest BCUT2D eigenvalue weighted by Crippen LogP contribution is -2.27. The Morgan fingerprint density at radius 3 is 2.90 bits per heavy atom. The number of carbonyl (C=O) groups is 1. The Hall–Kier alpha value is -0.180. The van der Waals surface area contributed by atoms with Crippen molar-refractivity contribution in [2.45, 2.75) is 26.3 Å². The molecule has 2 nitrogen and oxygen atoms in total. The van der Waals surface area contributed by atoms with Crippen LogP contribution in [-0.4, -0.2) is 17.0 Å². The van der Waals surface area contributed by atoms with Crippen LogP contribution in [0.15, 0.2) is 0 Å². The average molecular weight is 159 g/mol. The SMILES string of the molecule is CC(C)CC1CSC(=O)N1. The molecular weight excluding hydrogens is 146 g/mol. The highest BCUT2D eigenvalue weighted by molar-refractivity contribution is 8.13. The van der Waals surface area contributed by atoms with Gasteiger partial charge in [0.1, 0.15) is 0 Å². The summed E-state index contributed by atoms with van der Waals surface area (Å²) < 4.78 is 0. The molecule has 0 saturated carbocycles. The highest BCUT2D eigenvalue weighted by atomic mass is 32.2. The smallest absolute Gasteiger partial charge is 0.279 e. The molecule has 0 spiro atoms. The van der Waals surface area contributed by atoms with Gasteiger partial charge < -0.3 is 5.32 Å². The van der Waals surface area contributed by atoms with Crippen LogP contribution in [0, 0.1) is 5.92 Å². The van der Waals surface area contributed by atoms with Crippen LogP contribution >= 0.6 is 11.8 Å². The molecule has 58 valence electrons. The van der Waals surface area contributed by atoms with E-state index in [4.69, 9.17) is 0 Å². The Morgan fingerprint density at radius 1 is 1.80 bits per heavy atom. The summed E-state index contributed by atoms with van der Waals surface area (Å²) >= 11 is 1.40. The molecule has 1 unspecified atom stereocenters. The maximum absolute atomic E-state index is 10.7. The van der Waals surface area contributed by atoms with Gasteiger partial charge >= 0.3 is 0 Å². The van der Waals surface area contributed by atoms with Crippen LogP contribution in [0.4, 0.5) is 4.79 Å². The minimum Gasteiger partial charge on any atom is -0.343 e. The Kier molecular flexibility index (Phi) is 2.60. The second-order valence-corrected chi connectivity index (χ2v) is 4.06. The van der Waals surface area contributed by atoms with Crippen LogP contribution in [-0.2, 0) is 0 Å². The molecule has 0 aromatic heterocycles. The fraction of sp³-hybridized carbons (Fsp3) is 0.857. The quantitative estimate of drug-likeness (QED) is 0.666. The molecule has 1 amide bonds. The second-order valence-electron chi connectivity index (χ2n) is 3.07. The molecular formula is C7H13NOS. The molecule has 1 fully saturated rings.